The Morgan fingerprint density at radius 2 is 1.75 bits per heavy atom. The number of fused-ring (bicyclic) bond motifs is 1. The van der Waals surface area contributed by atoms with Gasteiger partial charge in [0.25, 0.3) is 11.5 Å². The summed E-state index contributed by atoms with van der Waals surface area (Å²) in [7, 11) is 0. The highest BCUT2D eigenvalue weighted by molar-refractivity contribution is 6.06. The maximum Gasteiger partial charge on any atom is 0.292 e. The van der Waals surface area contributed by atoms with Crippen molar-refractivity contribution in [3.8, 4) is 0 Å². The fraction of sp³-hybridized carbons (Fsp3) is 0.273. The van der Waals surface area contributed by atoms with Gasteiger partial charge in [-0.05, 0) is 37.0 Å². The Balaban J connectivity index is 1.92. The van der Waals surface area contributed by atoms with E-state index in [0.29, 0.717) is 23.0 Å². The Morgan fingerprint density at radius 3 is 2.39 bits per heavy atom. The van der Waals surface area contributed by atoms with Crippen LogP contribution in [0.25, 0.3) is 10.8 Å². The summed E-state index contributed by atoms with van der Waals surface area (Å²) >= 11 is 0. The zero-order valence-electron chi connectivity index (χ0n) is 16.4. The van der Waals surface area contributed by atoms with E-state index >= 15 is 0 Å². The van der Waals surface area contributed by atoms with Gasteiger partial charge in [0.15, 0.2) is 5.69 Å². The van der Waals surface area contributed by atoms with E-state index in [1.54, 1.807) is 24.3 Å². The van der Waals surface area contributed by atoms with Crippen LogP contribution in [0.2, 0.25) is 0 Å². The summed E-state index contributed by atoms with van der Waals surface area (Å²) in [5.41, 5.74) is 5.46. The van der Waals surface area contributed by atoms with E-state index < -0.39 is 5.91 Å². The summed E-state index contributed by atoms with van der Waals surface area (Å²) < 4.78 is 1.34. The van der Waals surface area contributed by atoms with E-state index in [4.69, 9.17) is 0 Å². The minimum Gasteiger partial charge on any atom is -0.267 e. The molecule has 0 aliphatic carbocycles. The topological polar surface area (TPSA) is 76.3 Å². The first kappa shape index (κ1) is 19.5. The van der Waals surface area contributed by atoms with Gasteiger partial charge in [0.1, 0.15) is 0 Å². The van der Waals surface area contributed by atoms with E-state index in [1.807, 2.05) is 38.1 Å². The van der Waals surface area contributed by atoms with Crippen LogP contribution in [0.3, 0.4) is 0 Å². The predicted octanol–water partition coefficient (Wildman–Crippen LogP) is 3.52. The van der Waals surface area contributed by atoms with Gasteiger partial charge in [-0.2, -0.15) is 10.2 Å². The number of carbonyl (C=O) groups excluding carboxylic acids is 1. The summed E-state index contributed by atoms with van der Waals surface area (Å²) in [4.78, 5) is 25.3. The van der Waals surface area contributed by atoms with Gasteiger partial charge in [-0.1, -0.05) is 56.3 Å². The molecule has 0 unspecified atom stereocenters. The van der Waals surface area contributed by atoms with Crippen molar-refractivity contribution in [1.82, 2.24) is 15.2 Å². The van der Waals surface area contributed by atoms with Crippen molar-refractivity contribution in [2.45, 2.75) is 40.2 Å². The highest BCUT2D eigenvalue weighted by Gasteiger charge is 2.16. The van der Waals surface area contributed by atoms with Crippen LogP contribution < -0.4 is 11.0 Å². The third kappa shape index (κ3) is 4.01. The minimum atomic E-state index is -0.439. The number of hydrazone groups is 1. The Labute approximate surface area is 163 Å². The average Bonchev–Trinajstić information content (AvgIpc) is 2.74. The molecule has 1 amide bonds. The zero-order chi connectivity index (χ0) is 20.1. The van der Waals surface area contributed by atoms with Crippen LogP contribution in [-0.4, -0.2) is 21.4 Å². The van der Waals surface area contributed by atoms with Gasteiger partial charge in [0.2, 0.25) is 0 Å². The third-order valence-corrected chi connectivity index (χ3v) is 4.62. The van der Waals surface area contributed by atoms with Crippen LogP contribution in [0, 0.1) is 0 Å². The molecule has 0 bridgehead atoms. The molecule has 3 aromatic rings. The summed E-state index contributed by atoms with van der Waals surface area (Å²) in [5, 5.41) is 9.51. The molecule has 2 aromatic carbocycles. The largest absolute Gasteiger partial charge is 0.292 e. The van der Waals surface area contributed by atoms with Crippen molar-refractivity contribution in [3.63, 3.8) is 0 Å². The molecule has 0 atom stereocenters. The van der Waals surface area contributed by atoms with E-state index in [-0.39, 0.29) is 11.3 Å². The Morgan fingerprint density at radius 1 is 1.07 bits per heavy atom. The Bertz CT molecular complexity index is 1080. The van der Waals surface area contributed by atoms with Crippen molar-refractivity contribution >= 4 is 22.4 Å². The van der Waals surface area contributed by atoms with Crippen molar-refractivity contribution < 1.29 is 4.79 Å². The van der Waals surface area contributed by atoms with Crippen LogP contribution in [0.15, 0.2) is 58.4 Å². The van der Waals surface area contributed by atoms with E-state index in [0.717, 1.165) is 18.4 Å². The fourth-order valence-electron chi connectivity index (χ4n) is 3.00. The summed E-state index contributed by atoms with van der Waals surface area (Å²) in [6.45, 7) is 6.35. The lowest BCUT2D eigenvalue weighted by Crippen LogP contribution is -2.29. The maximum absolute atomic E-state index is 12.8. The molecule has 0 saturated carbocycles. The zero-order valence-corrected chi connectivity index (χ0v) is 16.4. The number of benzene rings is 2. The average molecular weight is 376 g/mol. The second kappa shape index (κ2) is 8.61. The first-order valence-electron chi connectivity index (χ1n) is 9.49. The molecule has 6 heteroatoms. The van der Waals surface area contributed by atoms with Gasteiger partial charge in [0.05, 0.1) is 11.1 Å². The molecule has 28 heavy (non-hydrogen) atoms. The molecule has 0 aliphatic heterocycles. The highest BCUT2D eigenvalue weighted by atomic mass is 16.2. The molecule has 6 nitrogen and oxygen atoms in total. The lowest BCUT2D eigenvalue weighted by atomic mass is 10.1. The maximum atomic E-state index is 12.8. The monoisotopic (exact) mass is 376 g/mol. The molecule has 0 saturated heterocycles. The van der Waals surface area contributed by atoms with Crippen molar-refractivity contribution in [3.05, 3.63) is 75.7 Å². The molecule has 0 spiro atoms. The summed E-state index contributed by atoms with van der Waals surface area (Å²) in [5.74, 6) is -0.439. The van der Waals surface area contributed by atoms with Gasteiger partial charge in [-0.3, -0.25) is 9.59 Å². The Hall–Kier alpha value is -3.28. The lowest BCUT2D eigenvalue weighted by Gasteiger charge is -2.09. The SMILES string of the molecule is CCCn1nc(C(=O)N/N=C(/C)c2ccc(CC)cc2)c2ccccc2c1=O. The van der Waals surface area contributed by atoms with Gasteiger partial charge in [0, 0.05) is 11.9 Å². The second-order valence-corrected chi connectivity index (χ2v) is 6.61. The predicted molar refractivity (Wildman–Crippen MR) is 112 cm³/mol. The van der Waals surface area contributed by atoms with Crippen LogP contribution in [-0.2, 0) is 13.0 Å². The van der Waals surface area contributed by atoms with E-state index in [1.165, 1.54) is 10.2 Å². The van der Waals surface area contributed by atoms with Crippen molar-refractivity contribution in [2.24, 2.45) is 5.10 Å². The van der Waals surface area contributed by atoms with Gasteiger partial charge < -0.3 is 0 Å². The quantitative estimate of drug-likeness (QED) is 0.528. The molecule has 0 fully saturated rings. The molecule has 1 aromatic heterocycles. The molecule has 1 heterocycles. The van der Waals surface area contributed by atoms with Gasteiger partial charge in [-0.25, -0.2) is 10.1 Å². The number of rotatable bonds is 6. The number of aromatic nitrogens is 2. The first-order valence-corrected chi connectivity index (χ1v) is 9.49. The normalized spacial score (nSPS) is 11.6. The Kier molecular flexibility index (Phi) is 5.99. The molecule has 1 N–H and O–H groups in total. The van der Waals surface area contributed by atoms with Crippen molar-refractivity contribution in [2.75, 3.05) is 0 Å². The number of nitrogens with one attached hydrogen (secondary N) is 1. The number of amides is 1. The smallest absolute Gasteiger partial charge is 0.267 e. The number of hydrogen-bond acceptors (Lipinski definition) is 4. The van der Waals surface area contributed by atoms with E-state index in [9.17, 15) is 9.59 Å². The van der Waals surface area contributed by atoms with Crippen molar-refractivity contribution in [1.29, 1.82) is 0 Å². The summed E-state index contributed by atoms with van der Waals surface area (Å²) in [6.07, 6.45) is 1.72. The summed E-state index contributed by atoms with van der Waals surface area (Å²) in [6, 6.07) is 15.1. The molecule has 144 valence electrons. The van der Waals surface area contributed by atoms with Crippen LogP contribution in [0.5, 0.6) is 0 Å². The molecular formula is C22H24N4O2. The number of carbonyl (C=O) groups is 1. The van der Waals surface area contributed by atoms with Crippen LogP contribution in [0.1, 0.15) is 48.8 Å². The van der Waals surface area contributed by atoms with Gasteiger partial charge >= 0.3 is 0 Å². The first-order chi connectivity index (χ1) is 13.5. The number of hydrogen-bond donors (Lipinski definition) is 1. The molecule has 3 rings (SSSR count). The van der Waals surface area contributed by atoms with Crippen LogP contribution in [0.4, 0.5) is 0 Å². The minimum absolute atomic E-state index is 0.190. The van der Waals surface area contributed by atoms with Crippen LogP contribution >= 0.6 is 0 Å². The lowest BCUT2D eigenvalue weighted by molar-refractivity contribution is 0.0949. The molecular weight excluding hydrogens is 352 g/mol. The van der Waals surface area contributed by atoms with E-state index in [2.05, 4.69) is 22.5 Å². The number of aryl methyl sites for hydroxylation is 2. The second-order valence-electron chi connectivity index (χ2n) is 6.61. The third-order valence-electron chi connectivity index (χ3n) is 4.62. The fourth-order valence-corrected chi connectivity index (χ4v) is 3.00. The van der Waals surface area contributed by atoms with Gasteiger partial charge in [-0.15, -0.1) is 0 Å². The highest BCUT2D eigenvalue weighted by Crippen LogP contribution is 2.13. The molecule has 0 radical (unpaired) electrons. The standard InChI is InChI=1S/C22H24N4O2/c1-4-14-26-22(28)19-9-7-6-8-18(19)20(25-26)21(27)24-23-15(3)17-12-10-16(5-2)11-13-17/h6-13H,4-5,14H2,1-3H3,(H,24,27)/b23-15-. The number of nitrogens with zero attached hydrogens (tertiary/aromatic N) is 3. The molecule has 0 aliphatic rings.